The number of nitrogens with zero attached hydrogens (tertiary/aromatic N) is 6. The fourth-order valence-electron chi connectivity index (χ4n) is 3.61. The van der Waals surface area contributed by atoms with Gasteiger partial charge >= 0.3 is 0 Å². The third kappa shape index (κ3) is 2.53. The minimum absolute atomic E-state index is 0.0826. The van der Waals surface area contributed by atoms with Gasteiger partial charge in [-0.2, -0.15) is 15.3 Å². The van der Waals surface area contributed by atoms with Crippen molar-refractivity contribution in [3.8, 4) is 22.8 Å². The summed E-state index contributed by atoms with van der Waals surface area (Å²) in [7, 11) is 0. The van der Waals surface area contributed by atoms with E-state index in [9.17, 15) is 0 Å². The van der Waals surface area contributed by atoms with E-state index in [1.807, 2.05) is 36.7 Å². The molecule has 0 saturated carbocycles. The monoisotopic (exact) mass is 378 g/mol. The maximum Gasteiger partial charge on any atom is 0.159 e. The molecule has 138 valence electrons. The average Bonchev–Trinajstić information content (AvgIpc) is 3.52. The second-order valence-corrected chi connectivity index (χ2v) is 6.81. The second kappa shape index (κ2) is 6.16. The predicted molar refractivity (Wildman–Crippen MR) is 112 cm³/mol. The summed E-state index contributed by atoms with van der Waals surface area (Å²) in [6.07, 6.45) is 8.96. The number of fused-ring (bicyclic) bond motifs is 2. The number of rotatable bonds is 3. The van der Waals surface area contributed by atoms with E-state index in [2.05, 4.69) is 47.5 Å². The molecule has 0 amide bonds. The molecule has 0 atom stereocenters. The molecule has 8 heteroatoms. The Hall–Kier alpha value is -4.20. The van der Waals surface area contributed by atoms with Crippen LogP contribution in [0, 0.1) is 0 Å². The first-order valence-corrected chi connectivity index (χ1v) is 9.17. The Labute approximate surface area is 164 Å². The zero-order valence-corrected chi connectivity index (χ0v) is 15.1. The smallest absolute Gasteiger partial charge is 0.159 e. The van der Waals surface area contributed by atoms with Crippen LogP contribution in [0.3, 0.4) is 0 Å². The number of hydrogen-bond donors (Lipinski definition) is 2. The SMILES string of the molecule is C1=NN=CC1c1ccc2[nH]nc(-c3nc4c(-c5cccnc5)nccc4[nH]3)c2c1. The second-order valence-electron chi connectivity index (χ2n) is 6.81. The molecule has 0 bridgehead atoms. The van der Waals surface area contributed by atoms with E-state index in [1.54, 1.807) is 18.6 Å². The molecule has 1 aliphatic heterocycles. The Morgan fingerprint density at radius 1 is 0.897 bits per heavy atom. The van der Waals surface area contributed by atoms with Gasteiger partial charge in [0.05, 0.1) is 22.6 Å². The average molecular weight is 378 g/mol. The molecule has 0 unspecified atom stereocenters. The number of aromatic nitrogens is 6. The van der Waals surface area contributed by atoms with Crippen molar-refractivity contribution in [2.24, 2.45) is 10.2 Å². The molecule has 5 heterocycles. The zero-order chi connectivity index (χ0) is 19.2. The lowest BCUT2D eigenvalue weighted by Crippen LogP contribution is -1.97. The van der Waals surface area contributed by atoms with Crippen molar-refractivity contribution in [2.45, 2.75) is 5.92 Å². The third-order valence-electron chi connectivity index (χ3n) is 5.05. The fourth-order valence-corrected chi connectivity index (χ4v) is 3.61. The first-order valence-electron chi connectivity index (χ1n) is 9.17. The van der Waals surface area contributed by atoms with Gasteiger partial charge in [-0.1, -0.05) is 6.07 Å². The van der Waals surface area contributed by atoms with Gasteiger partial charge < -0.3 is 4.98 Å². The lowest BCUT2D eigenvalue weighted by atomic mass is 10.00. The molecule has 2 N–H and O–H groups in total. The van der Waals surface area contributed by atoms with Gasteiger partial charge in [-0.25, -0.2) is 4.98 Å². The maximum absolute atomic E-state index is 4.83. The zero-order valence-electron chi connectivity index (χ0n) is 15.1. The van der Waals surface area contributed by atoms with Gasteiger partial charge in [0.2, 0.25) is 0 Å². The van der Waals surface area contributed by atoms with Crippen molar-refractivity contribution in [3.05, 3.63) is 60.6 Å². The Kier molecular flexibility index (Phi) is 3.36. The summed E-state index contributed by atoms with van der Waals surface area (Å²) in [6, 6.07) is 12.0. The minimum Gasteiger partial charge on any atom is -0.336 e. The van der Waals surface area contributed by atoms with Gasteiger partial charge in [0, 0.05) is 42.0 Å². The van der Waals surface area contributed by atoms with Crippen LogP contribution in [0.1, 0.15) is 11.5 Å². The molecular weight excluding hydrogens is 364 g/mol. The third-order valence-corrected chi connectivity index (χ3v) is 5.05. The lowest BCUT2D eigenvalue weighted by Gasteiger charge is -2.03. The van der Waals surface area contributed by atoms with Crippen molar-refractivity contribution < 1.29 is 0 Å². The number of pyridine rings is 2. The summed E-state index contributed by atoms with van der Waals surface area (Å²) >= 11 is 0. The van der Waals surface area contributed by atoms with Crippen LogP contribution in [-0.4, -0.2) is 42.6 Å². The fraction of sp³-hybridized carbons (Fsp3) is 0.0476. The molecular formula is C21H14N8. The Morgan fingerprint density at radius 2 is 1.83 bits per heavy atom. The number of imidazole rings is 1. The van der Waals surface area contributed by atoms with Crippen molar-refractivity contribution in [3.63, 3.8) is 0 Å². The van der Waals surface area contributed by atoms with Crippen molar-refractivity contribution >= 4 is 34.4 Å². The van der Waals surface area contributed by atoms with E-state index in [0.29, 0.717) is 5.82 Å². The van der Waals surface area contributed by atoms with Gasteiger partial charge in [0.25, 0.3) is 0 Å². The van der Waals surface area contributed by atoms with E-state index in [0.717, 1.165) is 44.5 Å². The Balaban J connectivity index is 1.52. The molecule has 1 aromatic carbocycles. The number of hydrogen-bond acceptors (Lipinski definition) is 6. The number of benzene rings is 1. The molecule has 0 aliphatic carbocycles. The molecule has 0 radical (unpaired) electrons. The summed E-state index contributed by atoms with van der Waals surface area (Å²) in [5, 5.41) is 16.5. The molecule has 4 aromatic heterocycles. The first kappa shape index (κ1) is 15.8. The van der Waals surface area contributed by atoms with Gasteiger partial charge in [0.15, 0.2) is 5.82 Å². The summed E-state index contributed by atoms with van der Waals surface area (Å²) in [6.45, 7) is 0. The largest absolute Gasteiger partial charge is 0.336 e. The Bertz CT molecular complexity index is 1400. The number of H-pyrrole nitrogens is 2. The predicted octanol–water partition coefficient (Wildman–Crippen LogP) is 3.72. The maximum atomic E-state index is 4.83. The van der Waals surface area contributed by atoms with Gasteiger partial charge in [-0.3, -0.25) is 15.1 Å². The minimum atomic E-state index is 0.0826. The molecule has 29 heavy (non-hydrogen) atoms. The molecule has 0 spiro atoms. The van der Waals surface area contributed by atoms with Crippen LogP contribution in [0.5, 0.6) is 0 Å². The van der Waals surface area contributed by atoms with Crippen LogP contribution in [0.25, 0.3) is 44.7 Å². The molecule has 6 rings (SSSR count). The standard InChI is InChI=1S/C21H14N8/c1-2-13(9-22-6-1)18-20-17(5-7-23-18)26-21(27-20)19-15-8-12(14-10-24-25-11-14)3-4-16(15)28-29-19/h1-11,14H,(H,26,27)(H,28,29). The quantitative estimate of drug-likeness (QED) is 0.499. The summed E-state index contributed by atoms with van der Waals surface area (Å²) in [4.78, 5) is 16.9. The van der Waals surface area contributed by atoms with E-state index in [-0.39, 0.29) is 5.92 Å². The summed E-state index contributed by atoms with van der Waals surface area (Å²) in [5.41, 5.74) is 6.22. The highest BCUT2D eigenvalue weighted by Gasteiger charge is 2.17. The lowest BCUT2D eigenvalue weighted by molar-refractivity contribution is 1.10. The van der Waals surface area contributed by atoms with Gasteiger partial charge in [0.1, 0.15) is 11.2 Å². The molecule has 0 fully saturated rings. The highest BCUT2D eigenvalue weighted by molar-refractivity contribution is 5.98. The Morgan fingerprint density at radius 3 is 2.69 bits per heavy atom. The van der Waals surface area contributed by atoms with Crippen LogP contribution >= 0.6 is 0 Å². The molecule has 8 nitrogen and oxygen atoms in total. The van der Waals surface area contributed by atoms with Crippen molar-refractivity contribution in [2.75, 3.05) is 0 Å². The number of nitrogens with one attached hydrogen (secondary N) is 2. The van der Waals surface area contributed by atoms with Crippen molar-refractivity contribution in [1.82, 2.24) is 30.1 Å². The molecule has 5 aromatic rings. The van der Waals surface area contributed by atoms with Crippen LogP contribution in [0.15, 0.2) is 65.2 Å². The van der Waals surface area contributed by atoms with E-state index >= 15 is 0 Å². The van der Waals surface area contributed by atoms with Gasteiger partial charge in [-0.05, 0) is 35.9 Å². The summed E-state index contributed by atoms with van der Waals surface area (Å²) in [5.74, 6) is 0.773. The first-order chi connectivity index (χ1) is 14.4. The summed E-state index contributed by atoms with van der Waals surface area (Å²) < 4.78 is 0. The van der Waals surface area contributed by atoms with Crippen molar-refractivity contribution in [1.29, 1.82) is 0 Å². The highest BCUT2D eigenvalue weighted by Crippen LogP contribution is 2.31. The molecule has 1 aliphatic rings. The van der Waals surface area contributed by atoms with E-state index in [4.69, 9.17) is 4.98 Å². The molecule has 0 saturated heterocycles. The van der Waals surface area contributed by atoms with Gasteiger partial charge in [-0.15, -0.1) is 0 Å². The van der Waals surface area contributed by atoms with Crippen LogP contribution < -0.4 is 0 Å². The van der Waals surface area contributed by atoms with Crippen LogP contribution in [0.2, 0.25) is 0 Å². The van der Waals surface area contributed by atoms with E-state index in [1.165, 1.54) is 0 Å². The van der Waals surface area contributed by atoms with Crippen LogP contribution in [-0.2, 0) is 0 Å². The number of aromatic amines is 2. The topological polar surface area (TPSA) is 108 Å². The van der Waals surface area contributed by atoms with E-state index < -0.39 is 0 Å². The van der Waals surface area contributed by atoms with Crippen LogP contribution in [0.4, 0.5) is 0 Å². The normalized spacial score (nSPS) is 13.8. The highest BCUT2D eigenvalue weighted by atomic mass is 15.2.